The van der Waals surface area contributed by atoms with Crippen molar-refractivity contribution in [1.82, 2.24) is 0 Å². The van der Waals surface area contributed by atoms with Crippen LogP contribution in [0.3, 0.4) is 0 Å². The predicted molar refractivity (Wildman–Crippen MR) is 49.7 cm³/mol. The summed E-state index contributed by atoms with van der Waals surface area (Å²) >= 11 is 0. The Hall–Kier alpha value is -0.400. The summed E-state index contributed by atoms with van der Waals surface area (Å²) in [7, 11) is 3.00. The molecule has 17 N–H and O–H groups in total. The molecule has 0 aromatic heterocycles. The van der Waals surface area contributed by atoms with Crippen molar-refractivity contribution >= 4 is 0 Å². The average Bonchev–Trinajstić information content (AvgIpc) is 1.81. The molecule has 0 radical (unpaired) electrons. The molecule has 0 aromatic rings. The van der Waals surface area contributed by atoms with Gasteiger partial charge in [0, 0.05) is 21.3 Å². The summed E-state index contributed by atoms with van der Waals surface area (Å²) in [5.74, 6) is 0. The van der Waals surface area contributed by atoms with Crippen LogP contribution in [0.25, 0.3) is 0 Å². The predicted octanol–water partition coefficient (Wildman–Crippen LogP) is -6.95. The van der Waals surface area contributed by atoms with Crippen molar-refractivity contribution in [2.75, 3.05) is 21.3 Å². The fourth-order valence-electron chi connectivity index (χ4n) is 0. The van der Waals surface area contributed by atoms with E-state index in [2.05, 4.69) is 0 Å². The first-order valence-electron chi connectivity index (χ1n) is 1.34. The van der Waals surface area contributed by atoms with E-state index in [4.69, 9.17) is 15.3 Å². The van der Waals surface area contributed by atoms with Crippen LogP contribution in [0.1, 0.15) is 0 Å². The summed E-state index contributed by atoms with van der Waals surface area (Å²) in [5, 5.41) is 21.0. The van der Waals surface area contributed by atoms with E-state index in [0.29, 0.717) is 0 Å². The van der Waals surface area contributed by atoms with Gasteiger partial charge in [-0.05, 0) is 0 Å². The van der Waals surface area contributed by atoms with Gasteiger partial charge in [-0.25, -0.2) is 0 Å². The van der Waals surface area contributed by atoms with Gasteiger partial charge in [-0.2, -0.15) is 0 Å². The van der Waals surface area contributed by atoms with Crippen LogP contribution < -0.4 is 0 Å². The third-order valence-electron chi connectivity index (χ3n) is 0. The van der Waals surface area contributed by atoms with Crippen molar-refractivity contribution in [3.05, 3.63) is 0 Å². The van der Waals surface area contributed by atoms with Gasteiger partial charge in [0.2, 0.25) is 0 Å². The minimum Gasteiger partial charge on any atom is -0.412 e. The number of rotatable bonds is 0. The maximum absolute atomic E-state index is 7.00. The number of aliphatic hydroxyl groups is 3. The third-order valence-corrected chi connectivity index (χ3v) is 0. The summed E-state index contributed by atoms with van der Waals surface area (Å²) in [4.78, 5) is 0. The Kier molecular flexibility index (Phi) is 157000. The lowest BCUT2D eigenvalue weighted by Crippen LogP contribution is -1.25. The minimum absolute atomic E-state index is 0. The second-order valence-corrected chi connectivity index (χ2v) is 0. The molecule has 0 aliphatic heterocycles. The molecule has 0 heterocycles. The summed E-state index contributed by atoms with van der Waals surface area (Å²) in [6, 6.07) is 0. The van der Waals surface area contributed by atoms with Gasteiger partial charge < -0.3 is 53.7 Å². The van der Waals surface area contributed by atoms with Crippen molar-refractivity contribution in [2.24, 2.45) is 0 Å². The SMILES string of the molecule is CO.CO.CO.O.O.O.O.O.O.O. The molecule has 0 aliphatic rings. The summed E-state index contributed by atoms with van der Waals surface area (Å²) in [5.41, 5.74) is 0. The van der Waals surface area contributed by atoms with Crippen molar-refractivity contribution < 1.29 is 53.7 Å². The van der Waals surface area contributed by atoms with Gasteiger partial charge in [-0.1, -0.05) is 0 Å². The fraction of sp³-hybridized carbons (Fsp3) is 1.00. The smallest absolute Gasteiger partial charge is 0.0319 e. The second-order valence-electron chi connectivity index (χ2n) is 0. The quantitative estimate of drug-likeness (QED) is 0.360. The lowest BCUT2D eigenvalue weighted by Gasteiger charge is -1.21. The average molecular weight is 222 g/mol. The molecule has 0 unspecified atom stereocenters. The van der Waals surface area contributed by atoms with Gasteiger partial charge in [0.05, 0.1) is 0 Å². The highest BCUT2D eigenvalue weighted by Gasteiger charge is 0.843. The Balaban J connectivity index is -0.00000000102. The molecular weight excluding hydrogens is 196 g/mol. The highest BCUT2D eigenvalue weighted by atomic mass is 16.2. The van der Waals surface area contributed by atoms with Crippen LogP contribution >= 0.6 is 0 Å². The normalized spacial score (nSPS) is 1.38. The minimum atomic E-state index is 0. The van der Waals surface area contributed by atoms with Crippen molar-refractivity contribution in [3.8, 4) is 0 Å². The molecule has 0 fully saturated rings. The molecule has 0 saturated carbocycles. The largest absolute Gasteiger partial charge is 0.412 e. The monoisotopic (exact) mass is 222 g/mol. The summed E-state index contributed by atoms with van der Waals surface area (Å²) in [6.45, 7) is 0. The topological polar surface area (TPSA) is 281 Å². The fourth-order valence-corrected chi connectivity index (χ4v) is 0. The lowest BCUT2D eigenvalue weighted by atomic mass is 11.8. The van der Waals surface area contributed by atoms with E-state index in [0.717, 1.165) is 21.3 Å². The maximum Gasteiger partial charge on any atom is 0.0319 e. The van der Waals surface area contributed by atoms with E-state index >= 15 is 0 Å². The zero-order valence-corrected chi connectivity index (χ0v) is 7.84. The number of hydrogen-bond donors (Lipinski definition) is 3. The highest BCUT2D eigenvalue weighted by Crippen LogP contribution is 0.759. The Morgan fingerprint density at radius 2 is 0.308 bits per heavy atom. The molecule has 0 spiro atoms. The standard InChI is InChI=1S/3CH4O.7H2O/c3*1-2;;;;;;;/h3*2H,1H3;7*1H2. The Morgan fingerprint density at radius 3 is 0.308 bits per heavy atom. The van der Waals surface area contributed by atoms with Crippen molar-refractivity contribution in [1.29, 1.82) is 0 Å². The van der Waals surface area contributed by atoms with E-state index in [1.54, 1.807) is 0 Å². The van der Waals surface area contributed by atoms with E-state index in [1.165, 1.54) is 0 Å². The first kappa shape index (κ1) is 251. The Morgan fingerprint density at radius 1 is 0.308 bits per heavy atom. The first-order valence-corrected chi connectivity index (χ1v) is 1.34. The Labute approximate surface area is 76.2 Å². The summed E-state index contributed by atoms with van der Waals surface area (Å²) < 4.78 is 0. The van der Waals surface area contributed by atoms with Gasteiger partial charge in [0.25, 0.3) is 0 Å². The van der Waals surface area contributed by atoms with Gasteiger partial charge in [0.15, 0.2) is 0 Å². The van der Waals surface area contributed by atoms with Crippen LogP contribution in [0.2, 0.25) is 0 Å². The van der Waals surface area contributed by atoms with Gasteiger partial charge in [-0.15, -0.1) is 0 Å². The van der Waals surface area contributed by atoms with Crippen molar-refractivity contribution in [3.63, 3.8) is 0 Å². The van der Waals surface area contributed by atoms with Crippen LogP contribution in [0.4, 0.5) is 0 Å². The van der Waals surface area contributed by atoms with E-state index < -0.39 is 0 Å². The van der Waals surface area contributed by atoms with Crippen LogP contribution in [-0.2, 0) is 0 Å². The van der Waals surface area contributed by atoms with Crippen LogP contribution in [0.15, 0.2) is 0 Å². The lowest BCUT2D eigenvalue weighted by molar-refractivity contribution is 0.399. The Bertz CT molecular complexity index is 10.1. The zero-order chi connectivity index (χ0) is 6.00. The molecule has 10 nitrogen and oxygen atoms in total. The molecule has 0 bridgehead atoms. The van der Waals surface area contributed by atoms with E-state index in [1.807, 2.05) is 0 Å². The van der Waals surface area contributed by atoms with E-state index in [-0.39, 0.29) is 38.3 Å². The molecule has 0 atom stereocenters. The molecule has 0 saturated heterocycles. The van der Waals surface area contributed by atoms with Gasteiger partial charge in [0.1, 0.15) is 0 Å². The van der Waals surface area contributed by atoms with Gasteiger partial charge in [-0.3, -0.25) is 0 Å². The maximum atomic E-state index is 7.00. The second kappa shape index (κ2) is 8150. The molecule has 0 amide bonds. The summed E-state index contributed by atoms with van der Waals surface area (Å²) in [6.07, 6.45) is 0. The third kappa shape index (κ3) is 6680. The first-order chi connectivity index (χ1) is 3.00. The highest BCUT2D eigenvalue weighted by molar-refractivity contribution is 3.18. The number of aliphatic hydroxyl groups excluding tert-OH is 3. The molecule has 13 heavy (non-hydrogen) atoms. The van der Waals surface area contributed by atoms with Gasteiger partial charge >= 0.3 is 0 Å². The van der Waals surface area contributed by atoms with Crippen LogP contribution in [0, 0.1) is 0 Å². The zero-order valence-electron chi connectivity index (χ0n) is 7.84. The molecule has 0 rings (SSSR count). The molecule has 0 aliphatic carbocycles. The van der Waals surface area contributed by atoms with Crippen LogP contribution in [-0.4, -0.2) is 75.0 Å². The van der Waals surface area contributed by atoms with Crippen molar-refractivity contribution in [2.45, 2.75) is 0 Å². The van der Waals surface area contributed by atoms with E-state index in [9.17, 15) is 0 Å². The molecule has 0 aromatic carbocycles. The molecule has 10 heteroatoms. The number of hydrogen-bond acceptors (Lipinski definition) is 3. The molecule has 98 valence electrons. The van der Waals surface area contributed by atoms with Crippen LogP contribution in [0.5, 0.6) is 0 Å². The molecular formula is C3H26O10.